The van der Waals surface area contributed by atoms with Crippen molar-refractivity contribution >= 4 is 11.9 Å². The lowest BCUT2D eigenvalue weighted by atomic mass is 10.2. The SMILES string of the molecule is CC(NC(N)=O)C(=O)N1CCN(CCOc2ccccc2)CC1. The molecule has 2 rings (SSSR count). The summed E-state index contributed by atoms with van der Waals surface area (Å²) in [5, 5.41) is 2.42. The number of nitrogens with one attached hydrogen (secondary N) is 1. The van der Waals surface area contributed by atoms with E-state index in [2.05, 4.69) is 10.2 Å². The van der Waals surface area contributed by atoms with E-state index in [-0.39, 0.29) is 5.91 Å². The van der Waals surface area contributed by atoms with Gasteiger partial charge in [0.05, 0.1) is 0 Å². The van der Waals surface area contributed by atoms with Gasteiger partial charge in [-0.05, 0) is 19.1 Å². The Morgan fingerprint density at radius 3 is 2.48 bits per heavy atom. The molecule has 1 fully saturated rings. The highest BCUT2D eigenvalue weighted by Gasteiger charge is 2.25. The van der Waals surface area contributed by atoms with Gasteiger partial charge in [0.15, 0.2) is 0 Å². The average molecular weight is 320 g/mol. The summed E-state index contributed by atoms with van der Waals surface area (Å²) in [7, 11) is 0. The Kier molecular flexibility index (Phi) is 6.22. The highest BCUT2D eigenvalue weighted by Crippen LogP contribution is 2.09. The predicted octanol–water partition coefficient (Wildman–Crippen LogP) is 0.266. The van der Waals surface area contributed by atoms with Crippen LogP contribution in [-0.2, 0) is 4.79 Å². The van der Waals surface area contributed by atoms with E-state index < -0.39 is 12.1 Å². The number of hydrogen-bond acceptors (Lipinski definition) is 4. The van der Waals surface area contributed by atoms with Crippen molar-refractivity contribution in [2.24, 2.45) is 5.73 Å². The normalized spacial score (nSPS) is 16.7. The van der Waals surface area contributed by atoms with Crippen LogP contribution >= 0.6 is 0 Å². The molecule has 0 radical (unpaired) electrons. The molecule has 0 aliphatic carbocycles. The molecule has 3 amide bonds. The lowest BCUT2D eigenvalue weighted by Gasteiger charge is -2.35. The smallest absolute Gasteiger partial charge is 0.312 e. The van der Waals surface area contributed by atoms with Crippen molar-refractivity contribution in [1.82, 2.24) is 15.1 Å². The average Bonchev–Trinajstić information content (AvgIpc) is 2.55. The zero-order valence-corrected chi connectivity index (χ0v) is 13.4. The molecule has 7 nitrogen and oxygen atoms in total. The number of para-hydroxylation sites is 1. The highest BCUT2D eigenvalue weighted by atomic mass is 16.5. The van der Waals surface area contributed by atoms with E-state index in [4.69, 9.17) is 10.5 Å². The number of urea groups is 1. The molecule has 0 spiro atoms. The van der Waals surface area contributed by atoms with E-state index >= 15 is 0 Å². The second-order valence-electron chi connectivity index (χ2n) is 5.56. The van der Waals surface area contributed by atoms with Crippen molar-refractivity contribution in [3.63, 3.8) is 0 Å². The lowest BCUT2D eigenvalue weighted by molar-refractivity contribution is -0.134. The van der Waals surface area contributed by atoms with Gasteiger partial charge in [0.1, 0.15) is 18.4 Å². The molecule has 1 atom stereocenters. The molecule has 7 heteroatoms. The summed E-state index contributed by atoms with van der Waals surface area (Å²) in [6.07, 6.45) is 0. The van der Waals surface area contributed by atoms with Gasteiger partial charge in [-0.15, -0.1) is 0 Å². The Morgan fingerprint density at radius 1 is 1.22 bits per heavy atom. The molecule has 1 heterocycles. The van der Waals surface area contributed by atoms with Crippen LogP contribution in [0.1, 0.15) is 6.92 Å². The zero-order valence-electron chi connectivity index (χ0n) is 13.4. The predicted molar refractivity (Wildman–Crippen MR) is 87.1 cm³/mol. The van der Waals surface area contributed by atoms with E-state index in [1.807, 2.05) is 30.3 Å². The van der Waals surface area contributed by atoms with Crippen molar-refractivity contribution in [3.8, 4) is 5.75 Å². The fraction of sp³-hybridized carbons (Fsp3) is 0.500. The van der Waals surface area contributed by atoms with Crippen molar-refractivity contribution in [2.45, 2.75) is 13.0 Å². The van der Waals surface area contributed by atoms with Gasteiger partial charge in [0.2, 0.25) is 5.91 Å². The maximum atomic E-state index is 12.2. The van der Waals surface area contributed by atoms with Gasteiger partial charge < -0.3 is 20.7 Å². The van der Waals surface area contributed by atoms with Crippen LogP contribution in [0.3, 0.4) is 0 Å². The summed E-state index contributed by atoms with van der Waals surface area (Å²) in [6, 6.07) is 8.45. The van der Waals surface area contributed by atoms with Gasteiger partial charge in [-0.2, -0.15) is 0 Å². The third kappa shape index (κ3) is 5.45. The number of hydrogen-bond donors (Lipinski definition) is 2. The molecule has 23 heavy (non-hydrogen) atoms. The largest absolute Gasteiger partial charge is 0.492 e. The molecule has 1 unspecified atom stereocenters. The highest BCUT2D eigenvalue weighted by molar-refractivity contribution is 5.86. The van der Waals surface area contributed by atoms with Crippen LogP contribution < -0.4 is 15.8 Å². The van der Waals surface area contributed by atoms with Crippen molar-refractivity contribution in [2.75, 3.05) is 39.3 Å². The van der Waals surface area contributed by atoms with Crippen LogP contribution in [0.4, 0.5) is 4.79 Å². The molecular formula is C16H24N4O3. The first-order valence-corrected chi connectivity index (χ1v) is 7.81. The van der Waals surface area contributed by atoms with E-state index in [9.17, 15) is 9.59 Å². The molecule has 3 N–H and O–H groups in total. The minimum atomic E-state index is -0.678. The summed E-state index contributed by atoms with van der Waals surface area (Å²) < 4.78 is 5.68. The summed E-state index contributed by atoms with van der Waals surface area (Å²) in [5.41, 5.74) is 5.04. The summed E-state index contributed by atoms with van der Waals surface area (Å²) in [5.74, 6) is 0.775. The van der Waals surface area contributed by atoms with E-state index in [0.717, 1.165) is 25.4 Å². The monoisotopic (exact) mass is 320 g/mol. The standard InChI is InChI=1S/C16H24N4O3/c1-13(18-16(17)22)15(21)20-9-7-19(8-10-20)11-12-23-14-5-3-2-4-6-14/h2-6,13H,7-12H2,1H3,(H3,17,18,22). The Balaban J connectivity index is 1.67. The van der Waals surface area contributed by atoms with Gasteiger partial charge in [0.25, 0.3) is 0 Å². The van der Waals surface area contributed by atoms with Crippen LogP contribution in [0.25, 0.3) is 0 Å². The number of primary amides is 1. The number of ether oxygens (including phenoxy) is 1. The molecule has 0 aromatic heterocycles. The first-order chi connectivity index (χ1) is 11.1. The molecule has 1 aromatic rings. The Morgan fingerprint density at radius 2 is 1.87 bits per heavy atom. The molecule has 1 aliphatic heterocycles. The molecule has 0 bridgehead atoms. The summed E-state index contributed by atoms with van der Waals surface area (Å²) in [6.45, 7) is 5.99. The minimum absolute atomic E-state index is 0.0935. The second kappa shape index (κ2) is 8.38. The van der Waals surface area contributed by atoms with Crippen LogP contribution in [0.5, 0.6) is 5.75 Å². The summed E-state index contributed by atoms with van der Waals surface area (Å²) in [4.78, 5) is 27.0. The first kappa shape index (κ1) is 17.1. The number of nitrogens with zero attached hydrogens (tertiary/aromatic N) is 2. The van der Waals surface area contributed by atoms with Crippen molar-refractivity contribution in [3.05, 3.63) is 30.3 Å². The van der Waals surface area contributed by atoms with Crippen molar-refractivity contribution < 1.29 is 14.3 Å². The topological polar surface area (TPSA) is 87.9 Å². The van der Waals surface area contributed by atoms with Gasteiger partial charge in [-0.1, -0.05) is 18.2 Å². The Bertz CT molecular complexity index is 515. The number of carbonyl (C=O) groups excluding carboxylic acids is 2. The molecular weight excluding hydrogens is 296 g/mol. The lowest BCUT2D eigenvalue weighted by Crippen LogP contribution is -2.55. The maximum Gasteiger partial charge on any atom is 0.312 e. The van der Waals surface area contributed by atoms with Crippen LogP contribution in [-0.4, -0.2) is 67.1 Å². The maximum absolute atomic E-state index is 12.2. The first-order valence-electron chi connectivity index (χ1n) is 7.81. The number of rotatable bonds is 6. The fourth-order valence-corrected chi connectivity index (χ4v) is 2.55. The molecule has 1 saturated heterocycles. The second-order valence-corrected chi connectivity index (χ2v) is 5.56. The summed E-state index contributed by atoms with van der Waals surface area (Å²) >= 11 is 0. The molecule has 0 saturated carbocycles. The quantitative estimate of drug-likeness (QED) is 0.787. The van der Waals surface area contributed by atoms with Gasteiger partial charge in [-0.25, -0.2) is 4.79 Å². The number of piperazine rings is 1. The number of nitrogens with two attached hydrogens (primary N) is 1. The van der Waals surface area contributed by atoms with Crippen molar-refractivity contribution in [1.29, 1.82) is 0 Å². The Hall–Kier alpha value is -2.28. The fourth-order valence-electron chi connectivity index (χ4n) is 2.55. The van der Waals surface area contributed by atoms with Crippen LogP contribution in [0, 0.1) is 0 Å². The number of benzene rings is 1. The van der Waals surface area contributed by atoms with Gasteiger partial charge in [0, 0.05) is 32.7 Å². The molecule has 1 aromatic carbocycles. The van der Waals surface area contributed by atoms with E-state index in [1.54, 1.807) is 11.8 Å². The van der Waals surface area contributed by atoms with Gasteiger partial charge in [-0.3, -0.25) is 9.69 Å². The number of amides is 3. The van der Waals surface area contributed by atoms with Gasteiger partial charge >= 0.3 is 6.03 Å². The Labute approximate surface area is 136 Å². The minimum Gasteiger partial charge on any atom is -0.492 e. The van der Waals surface area contributed by atoms with Crippen LogP contribution in [0.2, 0.25) is 0 Å². The number of carbonyl (C=O) groups is 2. The van der Waals surface area contributed by atoms with E-state index in [0.29, 0.717) is 19.7 Å². The molecule has 126 valence electrons. The van der Waals surface area contributed by atoms with E-state index in [1.165, 1.54) is 0 Å². The zero-order chi connectivity index (χ0) is 16.7. The van der Waals surface area contributed by atoms with Crippen LogP contribution in [0.15, 0.2) is 30.3 Å². The third-order valence-electron chi connectivity index (χ3n) is 3.83. The third-order valence-corrected chi connectivity index (χ3v) is 3.83. The molecule has 1 aliphatic rings.